The minimum atomic E-state index is 0.747. The van der Waals surface area contributed by atoms with Crippen LogP contribution in [-0.4, -0.2) is 32.8 Å². The average Bonchev–Trinajstić information content (AvgIpc) is 3.23. The number of hydrogen-bond acceptors (Lipinski definition) is 6. The number of fused-ring (bicyclic) bond motifs is 1. The van der Waals surface area contributed by atoms with Gasteiger partial charge in [-0.25, -0.2) is 0 Å². The Kier molecular flexibility index (Phi) is 3.33. The molecule has 1 fully saturated rings. The fourth-order valence-electron chi connectivity index (χ4n) is 2.24. The van der Waals surface area contributed by atoms with Gasteiger partial charge in [0, 0.05) is 37.0 Å². The largest absolute Gasteiger partial charge is 0.314 e. The molecule has 2 heterocycles. The van der Waals surface area contributed by atoms with Crippen molar-refractivity contribution >= 4 is 22.4 Å². The maximum absolute atomic E-state index is 4.33. The van der Waals surface area contributed by atoms with Gasteiger partial charge in [-0.05, 0) is 31.0 Å². The van der Waals surface area contributed by atoms with E-state index >= 15 is 0 Å². The summed E-state index contributed by atoms with van der Waals surface area (Å²) in [6.07, 6.45) is 7.00. The Balaban J connectivity index is 1.52. The molecule has 1 aliphatic rings. The van der Waals surface area contributed by atoms with Crippen molar-refractivity contribution < 1.29 is 0 Å². The van der Waals surface area contributed by atoms with Crippen LogP contribution in [-0.2, 0) is 6.42 Å². The zero-order chi connectivity index (χ0) is 14.1. The van der Waals surface area contributed by atoms with E-state index in [0.29, 0.717) is 0 Å². The third-order valence-electron chi connectivity index (χ3n) is 3.53. The van der Waals surface area contributed by atoms with E-state index in [1.54, 1.807) is 23.7 Å². The van der Waals surface area contributed by atoms with Crippen molar-refractivity contribution in [2.24, 2.45) is 0 Å². The third-order valence-corrected chi connectivity index (χ3v) is 4.56. The lowest BCUT2D eigenvalue weighted by molar-refractivity contribution is 0.677. The Morgan fingerprint density at radius 2 is 1.95 bits per heavy atom. The smallest absolute Gasteiger partial charge is 0.147 e. The second-order valence-electron chi connectivity index (χ2n) is 5.24. The predicted octanol–water partition coefficient (Wildman–Crippen LogP) is 2.44. The van der Waals surface area contributed by atoms with Gasteiger partial charge in [0.15, 0.2) is 0 Å². The summed E-state index contributed by atoms with van der Waals surface area (Å²) in [6, 6.07) is 6.78. The summed E-state index contributed by atoms with van der Waals surface area (Å²) in [5.74, 6) is 0. The molecule has 1 N–H and O–H groups in total. The summed E-state index contributed by atoms with van der Waals surface area (Å²) in [5.41, 5.74) is 2.85. The van der Waals surface area contributed by atoms with Crippen LogP contribution in [0.2, 0.25) is 0 Å². The molecule has 1 aliphatic carbocycles. The molecule has 0 unspecified atom stereocenters. The van der Waals surface area contributed by atoms with Gasteiger partial charge in [0.25, 0.3) is 0 Å². The second-order valence-corrected chi connectivity index (χ2v) is 6.30. The highest BCUT2D eigenvalue weighted by Crippen LogP contribution is 2.26. The fourth-order valence-corrected chi connectivity index (χ4v) is 3.07. The number of benzene rings is 1. The lowest BCUT2D eigenvalue weighted by Gasteiger charge is -1.99. The highest BCUT2D eigenvalue weighted by Gasteiger charge is 2.19. The van der Waals surface area contributed by atoms with Gasteiger partial charge in [-0.3, -0.25) is 9.97 Å². The van der Waals surface area contributed by atoms with Gasteiger partial charge in [0.1, 0.15) is 10.0 Å². The summed E-state index contributed by atoms with van der Waals surface area (Å²) in [4.78, 5) is 8.61. The third kappa shape index (κ3) is 2.91. The highest BCUT2D eigenvalue weighted by molar-refractivity contribution is 7.14. The predicted molar refractivity (Wildman–Crippen MR) is 83.2 cm³/mol. The van der Waals surface area contributed by atoms with Gasteiger partial charge in [0.2, 0.25) is 0 Å². The zero-order valence-electron chi connectivity index (χ0n) is 11.5. The number of aromatic nitrogens is 4. The number of nitrogens with one attached hydrogen (secondary N) is 1. The molecule has 5 nitrogen and oxygen atoms in total. The average molecular weight is 297 g/mol. The van der Waals surface area contributed by atoms with Crippen LogP contribution in [0.1, 0.15) is 17.8 Å². The topological polar surface area (TPSA) is 63.6 Å². The Labute approximate surface area is 126 Å². The van der Waals surface area contributed by atoms with Gasteiger partial charge in [-0.15, -0.1) is 10.2 Å². The first-order valence-electron chi connectivity index (χ1n) is 7.15. The Hall–Kier alpha value is -1.92. The molecule has 0 bridgehead atoms. The normalized spacial score (nSPS) is 14.7. The van der Waals surface area contributed by atoms with Crippen molar-refractivity contribution in [2.45, 2.75) is 25.3 Å². The Bertz CT molecular complexity index is 765. The molecule has 6 heteroatoms. The van der Waals surface area contributed by atoms with Crippen molar-refractivity contribution in [3.05, 3.63) is 35.6 Å². The van der Waals surface area contributed by atoms with E-state index in [2.05, 4.69) is 25.5 Å². The maximum Gasteiger partial charge on any atom is 0.147 e. The number of rotatable bonds is 5. The Morgan fingerprint density at radius 3 is 2.81 bits per heavy atom. The van der Waals surface area contributed by atoms with Crippen LogP contribution in [0.4, 0.5) is 0 Å². The molecule has 0 atom stereocenters. The summed E-state index contributed by atoms with van der Waals surface area (Å²) in [5, 5.41) is 14.1. The van der Waals surface area contributed by atoms with E-state index in [-0.39, 0.29) is 0 Å². The van der Waals surface area contributed by atoms with Crippen molar-refractivity contribution in [3.8, 4) is 10.6 Å². The highest BCUT2D eigenvalue weighted by atomic mass is 32.1. The first kappa shape index (κ1) is 12.8. The molecule has 1 aromatic carbocycles. The van der Waals surface area contributed by atoms with Crippen molar-refractivity contribution in [3.63, 3.8) is 0 Å². The fraction of sp³-hybridized carbons (Fsp3) is 0.333. The summed E-state index contributed by atoms with van der Waals surface area (Å²) in [6.45, 7) is 0.989. The van der Waals surface area contributed by atoms with Crippen LogP contribution in [0.3, 0.4) is 0 Å². The molecule has 0 amide bonds. The van der Waals surface area contributed by atoms with Crippen LogP contribution >= 0.6 is 11.3 Å². The van der Waals surface area contributed by atoms with E-state index in [4.69, 9.17) is 0 Å². The van der Waals surface area contributed by atoms with Gasteiger partial charge in [-0.2, -0.15) is 0 Å². The first-order chi connectivity index (χ1) is 10.4. The molecular weight excluding hydrogens is 282 g/mol. The monoisotopic (exact) mass is 297 g/mol. The zero-order valence-corrected chi connectivity index (χ0v) is 12.3. The maximum atomic E-state index is 4.33. The second kappa shape index (κ2) is 5.46. The van der Waals surface area contributed by atoms with Crippen molar-refractivity contribution in [1.29, 1.82) is 0 Å². The van der Waals surface area contributed by atoms with E-state index in [0.717, 1.165) is 45.6 Å². The molecule has 1 saturated carbocycles. The molecule has 2 aromatic heterocycles. The quantitative estimate of drug-likeness (QED) is 0.783. The van der Waals surface area contributed by atoms with E-state index in [1.807, 2.05) is 18.2 Å². The van der Waals surface area contributed by atoms with Crippen LogP contribution in [0, 0.1) is 0 Å². The molecular formula is C15H15N5S. The van der Waals surface area contributed by atoms with Gasteiger partial charge in [0.05, 0.1) is 11.0 Å². The molecule has 4 rings (SSSR count). The lowest BCUT2D eigenvalue weighted by atomic mass is 10.2. The van der Waals surface area contributed by atoms with E-state index in [1.165, 1.54) is 12.8 Å². The summed E-state index contributed by atoms with van der Waals surface area (Å²) >= 11 is 1.66. The van der Waals surface area contributed by atoms with E-state index in [9.17, 15) is 0 Å². The van der Waals surface area contributed by atoms with Gasteiger partial charge >= 0.3 is 0 Å². The summed E-state index contributed by atoms with van der Waals surface area (Å²) in [7, 11) is 0. The van der Waals surface area contributed by atoms with Gasteiger partial charge in [-0.1, -0.05) is 11.3 Å². The lowest BCUT2D eigenvalue weighted by Crippen LogP contribution is -2.19. The molecule has 21 heavy (non-hydrogen) atoms. The summed E-state index contributed by atoms with van der Waals surface area (Å²) < 4.78 is 0. The molecule has 3 aromatic rings. The number of hydrogen-bond donors (Lipinski definition) is 1. The molecule has 0 radical (unpaired) electrons. The molecule has 106 valence electrons. The molecule has 0 aliphatic heterocycles. The minimum absolute atomic E-state index is 0.747. The van der Waals surface area contributed by atoms with Crippen LogP contribution in [0.15, 0.2) is 30.6 Å². The minimum Gasteiger partial charge on any atom is -0.314 e. The molecule has 0 saturated heterocycles. The Morgan fingerprint density at radius 1 is 1.10 bits per heavy atom. The first-order valence-corrected chi connectivity index (χ1v) is 7.97. The van der Waals surface area contributed by atoms with Crippen molar-refractivity contribution in [1.82, 2.24) is 25.5 Å². The van der Waals surface area contributed by atoms with Gasteiger partial charge < -0.3 is 5.32 Å². The SMILES string of the molecule is c1cnc2cc(-c3nnc(CCNC4CC4)s3)ccc2n1. The number of nitrogens with zero attached hydrogens (tertiary/aromatic N) is 4. The van der Waals surface area contributed by atoms with Crippen LogP contribution in [0.5, 0.6) is 0 Å². The van der Waals surface area contributed by atoms with Crippen molar-refractivity contribution in [2.75, 3.05) is 6.54 Å². The van der Waals surface area contributed by atoms with Crippen LogP contribution < -0.4 is 5.32 Å². The standard InChI is InChI=1S/C15H15N5S/c1-4-12-13(18-8-7-17-12)9-10(1)15-20-19-14(21-15)5-6-16-11-2-3-11/h1,4,7-9,11,16H,2-3,5-6H2. The van der Waals surface area contributed by atoms with Crippen LogP contribution in [0.25, 0.3) is 21.6 Å². The molecule has 0 spiro atoms. The van der Waals surface area contributed by atoms with E-state index < -0.39 is 0 Å².